The molecule has 5 nitrogen and oxygen atoms in total. The maximum atomic E-state index is 12.7. The van der Waals surface area contributed by atoms with Crippen LogP contribution in [0.25, 0.3) is 0 Å². The van der Waals surface area contributed by atoms with Crippen LogP contribution in [-0.4, -0.2) is 26.8 Å². The summed E-state index contributed by atoms with van der Waals surface area (Å²) in [4.78, 5) is 0. The van der Waals surface area contributed by atoms with Crippen LogP contribution >= 0.6 is 11.6 Å². The molecule has 0 radical (unpaired) electrons. The molecule has 1 atom stereocenters. The highest BCUT2D eigenvalue weighted by Crippen LogP contribution is 2.47. The molecule has 1 aromatic rings. The van der Waals surface area contributed by atoms with Gasteiger partial charge in [-0.25, -0.2) is 8.42 Å². The van der Waals surface area contributed by atoms with Gasteiger partial charge in [0.05, 0.1) is 29.5 Å². The smallest absolute Gasteiger partial charge is 0.236 e. The van der Waals surface area contributed by atoms with Crippen molar-refractivity contribution < 1.29 is 13.2 Å². The van der Waals surface area contributed by atoms with Crippen LogP contribution in [0, 0.1) is 16.7 Å². The molecule has 2 aliphatic rings. The van der Waals surface area contributed by atoms with E-state index >= 15 is 0 Å². The number of ether oxygens (including phenoxy) is 1. The summed E-state index contributed by atoms with van der Waals surface area (Å²) in [7, 11) is -3.58. The summed E-state index contributed by atoms with van der Waals surface area (Å²) in [5.41, 5.74) is -0.256. The fourth-order valence-corrected chi connectivity index (χ4v) is 4.75. The molecular formula is C14H15ClN2O3S. The predicted octanol–water partition coefficient (Wildman–Crippen LogP) is 2.56. The van der Waals surface area contributed by atoms with E-state index in [2.05, 4.69) is 6.07 Å². The van der Waals surface area contributed by atoms with Crippen molar-refractivity contribution in [1.29, 1.82) is 5.26 Å². The number of nitriles is 1. The number of hydrogen-bond acceptors (Lipinski definition) is 4. The highest BCUT2D eigenvalue weighted by atomic mass is 35.5. The summed E-state index contributed by atoms with van der Waals surface area (Å²) in [6.45, 7) is 2.05. The molecule has 1 aliphatic heterocycles. The lowest BCUT2D eigenvalue weighted by atomic mass is 10.2. The molecule has 1 fully saturated rings. The van der Waals surface area contributed by atoms with Crippen LogP contribution in [0.15, 0.2) is 18.2 Å². The Morgan fingerprint density at radius 2 is 2.24 bits per heavy atom. The first-order chi connectivity index (χ1) is 9.85. The van der Waals surface area contributed by atoms with Crippen LogP contribution in [0.2, 0.25) is 5.02 Å². The van der Waals surface area contributed by atoms with Crippen LogP contribution < -0.4 is 9.04 Å². The van der Waals surface area contributed by atoms with Crippen molar-refractivity contribution in [2.75, 3.05) is 16.6 Å². The summed E-state index contributed by atoms with van der Waals surface area (Å²) in [6.07, 6.45) is 1.04. The van der Waals surface area contributed by atoms with Crippen LogP contribution in [0.1, 0.15) is 19.8 Å². The molecule has 0 spiro atoms. The highest BCUT2D eigenvalue weighted by molar-refractivity contribution is 7.92. The zero-order chi connectivity index (χ0) is 15.3. The van der Waals surface area contributed by atoms with Gasteiger partial charge in [-0.1, -0.05) is 11.6 Å². The van der Waals surface area contributed by atoms with Gasteiger partial charge in [-0.2, -0.15) is 5.26 Å². The molecule has 0 saturated heterocycles. The van der Waals surface area contributed by atoms with E-state index in [-0.39, 0.29) is 18.4 Å². The molecule has 1 saturated carbocycles. The van der Waals surface area contributed by atoms with Crippen molar-refractivity contribution in [1.82, 2.24) is 0 Å². The molecule has 1 aliphatic carbocycles. The van der Waals surface area contributed by atoms with E-state index in [0.717, 1.165) is 0 Å². The third-order valence-electron chi connectivity index (χ3n) is 3.83. The fourth-order valence-electron chi connectivity index (χ4n) is 2.50. The number of benzene rings is 1. The van der Waals surface area contributed by atoms with Gasteiger partial charge >= 0.3 is 0 Å². The monoisotopic (exact) mass is 326 g/mol. The van der Waals surface area contributed by atoms with E-state index in [9.17, 15) is 8.42 Å². The second-order valence-electron chi connectivity index (χ2n) is 5.72. The molecule has 1 unspecified atom stereocenters. The quantitative estimate of drug-likeness (QED) is 0.856. The number of nitrogens with zero attached hydrogens (tertiary/aromatic N) is 2. The Morgan fingerprint density at radius 3 is 2.86 bits per heavy atom. The second-order valence-corrected chi connectivity index (χ2v) is 8.05. The van der Waals surface area contributed by atoms with Gasteiger partial charge < -0.3 is 4.74 Å². The van der Waals surface area contributed by atoms with Crippen molar-refractivity contribution in [2.45, 2.75) is 25.9 Å². The van der Waals surface area contributed by atoms with Crippen LogP contribution in [0.3, 0.4) is 0 Å². The maximum Gasteiger partial charge on any atom is 0.236 e. The average molecular weight is 327 g/mol. The molecule has 0 aromatic heterocycles. The molecule has 0 N–H and O–H groups in total. The first kappa shape index (κ1) is 14.5. The Balaban J connectivity index is 1.99. The van der Waals surface area contributed by atoms with Gasteiger partial charge in [-0.3, -0.25) is 4.31 Å². The topological polar surface area (TPSA) is 70.4 Å². The van der Waals surface area contributed by atoms with E-state index in [1.165, 1.54) is 4.31 Å². The van der Waals surface area contributed by atoms with E-state index in [1.807, 2.05) is 6.92 Å². The summed E-state index contributed by atoms with van der Waals surface area (Å²) in [5, 5.41) is 9.58. The zero-order valence-corrected chi connectivity index (χ0v) is 13.1. The summed E-state index contributed by atoms with van der Waals surface area (Å²) in [6, 6.07) is 7.06. The number of hydrogen-bond donors (Lipinski definition) is 0. The molecule has 3 rings (SSSR count). The zero-order valence-electron chi connectivity index (χ0n) is 11.5. The lowest BCUT2D eigenvalue weighted by molar-refractivity contribution is 0.219. The molecular weight excluding hydrogens is 312 g/mol. The minimum atomic E-state index is -3.58. The number of fused-ring (bicyclic) bond motifs is 1. The lowest BCUT2D eigenvalue weighted by Gasteiger charge is -2.34. The predicted molar refractivity (Wildman–Crippen MR) is 80.0 cm³/mol. The first-order valence-electron chi connectivity index (χ1n) is 6.73. The largest absolute Gasteiger partial charge is 0.487 e. The van der Waals surface area contributed by atoms with E-state index in [0.29, 0.717) is 29.3 Å². The Labute approximate surface area is 129 Å². The standard InChI is InChI=1S/C14H15ClN2O3S/c1-10-7-17(12-6-11(15)2-3-13(12)20-10)21(18,19)9-14(8-16)4-5-14/h2-3,6,10H,4-5,7,9H2,1H3. The maximum absolute atomic E-state index is 12.7. The molecule has 21 heavy (non-hydrogen) atoms. The van der Waals surface area contributed by atoms with E-state index < -0.39 is 15.4 Å². The number of anilines is 1. The van der Waals surface area contributed by atoms with Crippen molar-refractivity contribution in [3.63, 3.8) is 0 Å². The van der Waals surface area contributed by atoms with Gasteiger partial charge in [0, 0.05) is 5.02 Å². The highest BCUT2D eigenvalue weighted by Gasteiger charge is 2.49. The van der Waals surface area contributed by atoms with E-state index in [4.69, 9.17) is 21.6 Å². The van der Waals surface area contributed by atoms with Gasteiger partial charge in [0.2, 0.25) is 10.0 Å². The second kappa shape index (κ2) is 4.79. The lowest BCUT2D eigenvalue weighted by Crippen LogP contribution is -2.44. The summed E-state index contributed by atoms with van der Waals surface area (Å²) >= 11 is 5.97. The van der Waals surface area contributed by atoms with Crippen LogP contribution in [-0.2, 0) is 10.0 Å². The first-order valence-corrected chi connectivity index (χ1v) is 8.72. The fraction of sp³-hybridized carbons (Fsp3) is 0.500. The molecule has 7 heteroatoms. The number of rotatable bonds is 3. The minimum absolute atomic E-state index is 0.144. The van der Waals surface area contributed by atoms with Crippen molar-refractivity contribution in [2.24, 2.45) is 5.41 Å². The molecule has 1 heterocycles. The van der Waals surface area contributed by atoms with Crippen LogP contribution in [0.5, 0.6) is 5.75 Å². The van der Waals surface area contributed by atoms with Gasteiger partial charge in [0.1, 0.15) is 11.9 Å². The minimum Gasteiger partial charge on any atom is -0.487 e. The summed E-state index contributed by atoms with van der Waals surface area (Å²) < 4.78 is 32.4. The average Bonchev–Trinajstić information content (AvgIpc) is 3.18. The molecule has 0 amide bonds. The van der Waals surface area contributed by atoms with Crippen molar-refractivity contribution in [3.05, 3.63) is 23.2 Å². The molecule has 112 valence electrons. The Morgan fingerprint density at radius 1 is 1.52 bits per heavy atom. The molecule has 1 aromatic carbocycles. The van der Waals surface area contributed by atoms with Gasteiger partial charge in [0.25, 0.3) is 0 Å². The third kappa shape index (κ3) is 2.68. The van der Waals surface area contributed by atoms with Gasteiger partial charge in [-0.15, -0.1) is 0 Å². The molecule has 0 bridgehead atoms. The SMILES string of the molecule is CC1CN(S(=O)(=O)CC2(C#N)CC2)c2cc(Cl)ccc2O1. The Kier molecular flexibility index (Phi) is 3.30. The normalized spacial score (nSPS) is 22.9. The van der Waals surface area contributed by atoms with Gasteiger partial charge in [0.15, 0.2) is 0 Å². The Hall–Kier alpha value is -1.45. The number of halogens is 1. The van der Waals surface area contributed by atoms with Crippen molar-refractivity contribution in [3.8, 4) is 11.8 Å². The summed E-state index contributed by atoms with van der Waals surface area (Å²) in [5.74, 6) is 0.360. The van der Waals surface area contributed by atoms with Crippen LogP contribution in [0.4, 0.5) is 5.69 Å². The third-order valence-corrected chi connectivity index (χ3v) is 6.00. The van der Waals surface area contributed by atoms with Gasteiger partial charge in [-0.05, 0) is 38.0 Å². The van der Waals surface area contributed by atoms with E-state index in [1.54, 1.807) is 18.2 Å². The number of sulfonamides is 1. The Bertz CT molecular complexity index is 722. The van der Waals surface area contributed by atoms with Crippen molar-refractivity contribution >= 4 is 27.3 Å².